The number of ether oxygens (including phenoxy) is 2. The Labute approximate surface area is 215 Å². The van der Waals surface area contributed by atoms with Gasteiger partial charge < -0.3 is 14.8 Å². The molecule has 1 aromatic rings. The Kier molecular flexibility index (Phi) is 12.1. The molecular weight excluding hydrogens is 460 g/mol. The van der Waals surface area contributed by atoms with Crippen molar-refractivity contribution in [3.8, 4) is 0 Å². The van der Waals surface area contributed by atoms with Crippen molar-refractivity contribution in [2.24, 2.45) is 0 Å². The molecule has 0 saturated carbocycles. The fourth-order valence-electron chi connectivity index (χ4n) is 3.87. The summed E-state index contributed by atoms with van der Waals surface area (Å²) in [6.45, 7) is 8.49. The van der Waals surface area contributed by atoms with Crippen molar-refractivity contribution in [2.45, 2.75) is 52.1 Å². The molecule has 9 heteroatoms. The number of carbonyl (C=O) groups excluding carboxylic acids is 2. The van der Waals surface area contributed by atoms with Gasteiger partial charge in [0.05, 0.1) is 12.2 Å². The summed E-state index contributed by atoms with van der Waals surface area (Å²) in [4.78, 5) is 26.6. The van der Waals surface area contributed by atoms with Gasteiger partial charge in [-0.3, -0.25) is 19.4 Å². The Morgan fingerprint density at radius 2 is 2.06 bits per heavy atom. The number of nitrogens with zero attached hydrogens (tertiary/aromatic N) is 2. The standard InChI is InChI=1S/C27H37BFN3O4/c1-19(17-33)7-6-8-24(11-12-31(5)26(28)27(34)30-4)35-18-23-13-22(9-10-25(23)29)16-32-14-20(2)36-21(3)15-32/h6-11,13,17,20-21,26H,12,14-16,18H2,1-5H3,(H,30,34)/b8-6-,19-7+,24-11-. The van der Waals surface area contributed by atoms with E-state index >= 15 is 0 Å². The van der Waals surface area contributed by atoms with E-state index in [0.717, 1.165) is 24.9 Å². The number of benzene rings is 1. The fourth-order valence-corrected chi connectivity index (χ4v) is 3.87. The van der Waals surface area contributed by atoms with Crippen LogP contribution in [0.5, 0.6) is 0 Å². The first-order valence-electron chi connectivity index (χ1n) is 12.1. The van der Waals surface area contributed by atoms with Crippen molar-refractivity contribution >= 4 is 20.0 Å². The lowest BCUT2D eigenvalue weighted by Crippen LogP contribution is -2.44. The minimum atomic E-state index is -0.826. The number of hydrogen-bond acceptors (Lipinski definition) is 6. The highest BCUT2D eigenvalue weighted by Gasteiger charge is 2.22. The fraction of sp³-hybridized carbons (Fsp3) is 0.481. The van der Waals surface area contributed by atoms with Crippen LogP contribution in [0.2, 0.25) is 0 Å². The van der Waals surface area contributed by atoms with E-state index in [1.54, 1.807) is 49.2 Å². The Balaban J connectivity index is 2.13. The van der Waals surface area contributed by atoms with Crippen LogP contribution in [0.3, 0.4) is 0 Å². The zero-order chi connectivity index (χ0) is 26.7. The molecule has 2 radical (unpaired) electrons. The molecule has 194 valence electrons. The quantitative estimate of drug-likeness (QED) is 0.158. The van der Waals surface area contributed by atoms with E-state index < -0.39 is 5.94 Å². The van der Waals surface area contributed by atoms with Gasteiger partial charge in [-0.1, -0.05) is 18.2 Å². The highest BCUT2D eigenvalue weighted by molar-refractivity contribution is 6.23. The van der Waals surface area contributed by atoms with Crippen LogP contribution in [-0.2, 0) is 32.2 Å². The third kappa shape index (κ3) is 9.72. The highest BCUT2D eigenvalue weighted by Crippen LogP contribution is 2.18. The van der Waals surface area contributed by atoms with Crippen LogP contribution < -0.4 is 5.32 Å². The number of rotatable bonds is 12. The van der Waals surface area contributed by atoms with Crippen molar-refractivity contribution in [1.82, 2.24) is 15.1 Å². The van der Waals surface area contributed by atoms with Gasteiger partial charge in [-0.25, -0.2) is 4.39 Å². The minimum absolute atomic E-state index is 0.0212. The third-order valence-electron chi connectivity index (χ3n) is 5.78. The van der Waals surface area contributed by atoms with Crippen LogP contribution in [0.4, 0.5) is 4.39 Å². The van der Waals surface area contributed by atoms with Gasteiger partial charge in [0.2, 0.25) is 5.91 Å². The Morgan fingerprint density at radius 1 is 1.36 bits per heavy atom. The van der Waals surface area contributed by atoms with Gasteiger partial charge >= 0.3 is 0 Å². The van der Waals surface area contributed by atoms with Crippen molar-refractivity contribution in [3.63, 3.8) is 0 Å². The van der Waals surface area contributed by atoms with Crippen molar-refractivity contribution in [3.05, 3.63) is 70.8 Å². The first-order valence-corrected chi connectivity index (χ1v) is 12.1. The average molecular weight is 497 g/mol. The molecule has 3 unspecified atom stereocenters. The minimum Gasteiger partial charge on any atom is -0.489 e. The molecule has 36 heavy (non-hydrogen) atoms. The number of nitrogens with one attached hydrogen (secondary N) is 1. The van der Waals surface area contributed by atoms with Crippen LogP contribution in [0.25, 0.3) is 0 Å². The van der Waals surface area contributed by atoms with E-state index in [2.05, 4.69) is 24.1 Å². The van der Waals surface area contributed by atoms with E-state index in [9.17, 15) is 14.0 Å². The maximum atomic E-state index is 14.6. The summed E-state index contributed by atoms with van der Waals surface area (Å²) in [6.07, 6.45) is 7.83. The average Bonchev–Trinajstić information content (AvgIpc) is 2.84. The number of halogens is 1. The molecule has 1 aliphatic heterocycles. The van der Waals surface area contributed by atoms with Gasteiger partial charge in [0.25, 0.3) is 0 Å². The van der Waals surface area contributed by atoms with Crippen LogP contribution in [0.15, 0.2) is 53.8 Å². The van der Waals surface area contributed by atoms with E-state index in [1.807, 2.05) is 6.07 Å². The Hall–Kier alpha value is -2.75. The first-order chi connectivity index (χ1) is 17.1. The number of likely N-dealkylation sites (N-methyl/N-ethyl adjacent to an activating group) is 2. The van der Waals surface area contributed by atoms with Gasteiger partial charge in [0, 0.05) is 44.7 Å². The molecule has 1 N–H and O–H groups in total. The van der Waals surface area contributed by atoms with E-state index in [4.69, 9.17) is 17.3 Å². The normalized spacial score (nSPS) is 20.5. The lowest BCUT2D eigenvalue weighted by atomic mass is 9.94. The maximum Gasteiger partial charge on any atom is 0.227 e. The second-order valence-electron chi connectivity index (χ2n) is 9.16. The summed E-state index contributed by atoms with van der Waals surface area (Å²) in [6, 6.07) is 5.08. The molecule has 0 bridgehead atoms. The van der Waals surface area contributed by atoms with E-state index in [1.165, 1.54) is 13.1 Å². The largest absolute Gasteiger partial charge is 0.489 e. The van der Waals surface area contributed by atoms with E-state index in [0.29, 0.717) is 30.0 Å². The lowest BCUT2D eigenvalue weighted by molar-refractivity contribution is -0.122. The molecule has 0 spiro atoms. The van der Waals surface area contributed by atoms with Gasteiger partial charge in [-0.05, 0) is 63.2 Å². The van der Waals surface area contributed by atoms with Gasteiger partial charge in [-0.15, -0.1) is 0 Å². The van der Waals surface area contributed by atoms with Crippen molar-refractivity contribution in [2.75, 3.05) is 33.7 Å². The molecule has 1 saturated heterocycles. The molecule has 1 aromatic carbocycles. The Bertz CT molecular complexity index is 972. The summed E-state index contributed by atoms with van der Waals surface area (Å²) in [5.41, 5.74) is 1.99. The maximum absolute atomic E-state index is 14.6. The molecule has 1 aliphatic rings. The molecule has 1 heterocycles. The number of aldehydes is 1. The molecule has 7 nitrogen and oxygen atoms in total. The summed E-state index contributed by atoms with van der Waals surface area (Å²) >= 11 is 0. The van der Waals surface area contributed by atoms with Gasteiger partial charge in [-0.2, -0.15) is 0 Å². The second-order valence-corrected chi connectivity index (χ2v) is 9.16. The van der Waals surface area contributed by atoms with Gasteiger partial charge in [0.15, 0.2) is 0 Å². The highest BCUT2D eigenvalue weighted by atomic mass is 19.1. The molecule has 3 atom stereocenters. The second kappa shape index (κ2) is 14.7. The first kappa shape index (κ1) is 29.5. The van der Waals surface area contributed by atoms with Crippen LogP contribution in [0.1, 0.15) is 31.9 Å². The molecule has 2 rings (SSSR count). The van der Waals surface area contributed by atoms with Crippen molar-refractivity contribution in [1.29, 1.82) is 0 Å². The SMILES string of the molecule is [B]C(C(=O)NC)N(C)C/C=C(/C=C\C=C(/C)C=O)OCc1cc(CN2CC(C)OC(C)C2)ccc1F. The van der Waals surface area contributed by atoms with Crippen LogP contribution in [-0.4, -0.2) is 81.7 Å². The van der Waals surface area contributed by atoms with Gasteiger partial charge in [0.1, 0.15) is 32.3 Å². The number of allylic oxidation sites excluding steroid dienone is 4. The zero-order valence-corrected chi connectivity index (χ0v) is 21.9. The predicted molar refractivity (Wildman–Crippen MR) is 140 cm³/mol. The summed E-state index contributed by atoms with van der Waals surface area (Å²) < 4.78 is 26.3. The van der Waals surface area contributed by atoms with Crippen LogP contribution in [0, 0.1) is 5.82 Å². The lowest BCUT2D eigenvalue weighted by Gasteiger charge is -2.35. The monoisotopic (exact) mass is 497 g/mol. The number of hydrogen-bond donors (Lipinski definition) is 1. The summed E-state index contributed by atoms with van der Waals surface area (Å²) in [7, 11) is 9.16. The van der Waals surface area contributed by atoms with E-state index in [-0.39, 0.29) is 30.5 Å². The number of amides is 1. The summed E-state index contributed by atoms with van der Waals surface area (Å²) in [5, 5.41) is 2.51. The predicted octanol–water partition coefficient (Wildman–Crippen LogP) is 2.71. The molecule has 1 fully saturated rings. The molecule has 0 aromatic heterocycles. The van der Waals surface area contributed by atoms with Crippen LogP contribution >= 0.6 is 0 Å². The number of carbonyl (C=O) groups is 2. The third-order valence-corrected chi connectivity index (χ3v) is 5.78. The smallest absolute Gasteiger partial charge is 0.227 e. The Morgan fingerprint density at radius 3 is 2.69 bits per heavy atom. The van der Waals surface area contributed by atoms with Crippen molar-refractivity contribution < 1.29 is 23.5 Å². The molecule has 0 aliphatic carbocycles. The topological polar surface area (TPSA) is 71.1 Å². The summed E-state index contributed by atoms with van der Waals surface area (Å²) in [5.74, 6) is -1.02. The zero-order valence-electron chi connectivity index (χ0n) is 21.9. The molecular formula is C27H37BFN3O4. The molecule has 1 amide bonds. The number of morpholine rings is 1.